The Bertz CT molecular complexity index is 610. The summed E-state index contributed by atoms with van der Waals surface area (Å²) in [6.45, 7) is 4.07. The van der Waals surface area contributed by atoms with E-state index in [0.717, 1.165) is 19.3 Å². The largest absolute Gasteiger partial charge is 0.394 e. The number of benzene rings is 2. The van der Waals surface area contributed by atoms with Crippen molar-refractivity contribution in [2.75, 3.05) is 6.61 Å². The highest BCUT2D eigenvalue weighted by molar-refractivity contribution is 5.25. The van der Waals surface area contributed by atoms with Crippen LogP contribution in [0.5, 0.6) is 0 Å². The Kier molecular flexibility index (Phi) is 5.27. The number of aliphatic hydroxyl groups is 1. The first-order valence-corrected chi connectivity index (χ1v) is 8.44. The molecule has 3 rings (SSSR count). The van der Waals surface area contributed by atoms with E-state index in [0.29, 0.717) is 12.1 Å². The molecule has 0 bridgehead atoms. The molecule has 23 heavy (non-hydrogen) atoms. The van der Waals surface area contributed by atoms with Crippen molar-refractivity contribution in [3.63, 3.8) is 0 Å². The third-order valence-corrected chi connectivity index (χ3v) is 4.90. The first-order valence-electron chi connectivity index (χ1n) is 8.44. The number of aliphatic hydroxyl groups excluding tert-OH is 1. The Balaban J connectivity index is 1.96. The molecule has 1 saturated heterocycles. The van der Waals surface area contributed by atoms with E-state index >= 15 is 0 Å². The summed E-state index contributed by atoms with van der Waals surface area (Å²) in [7, 11) is 0. The molecule has 0 aliphatic carbocycles. The number of rotatable bonds is 6. The summed E-state index contributed by atoms with van der Waals surface area (Å²) < 4.78 is 0. The van der Waals surface area contributed by atoms with Gasteiger partial charge in [0.05, 0.1) is 12.6 Å². The minimum Gasteiger partial charge on any atom is -0.394 e. The molecule has 0 unspecified atom stereocenters. The van der Waals surface area contributed by atoms with Crippen molar-refractivity contribution in [1.29, 1.82) is 0 Å². The van der Waals surface area contributed by atoms with E-state index in [-0.39, 0.29) is 12.6 Å². The number of hydrogen-bond acceptors (Lipinski definition) is 2. The third-order valence-electron chi connectivity index (χ3n) is 4.90. The van der Waals surface area contributed by atoms with Crippen LogP contribution in [-0.4, -0.2) is 22.7 Å². The van der Waals surface area contributed by atoms with Gasteiger partial charge in [-0.05, 0) is 30.4 Å². The van der Waals surface area contributed by atoms with Gasteiger partial charge in [0.1, 0.15) is 0 Å². The zero-order chi connectivity index (χ0) is 16.1. The van der Waals surface area contributed by atoms with Crippen LogP contribution in [0.25, 0.3) is 0 Å². The van der Waals surface area contributed by atoms with Crippen molar-refractivity contribution in [2.24, 2.45) is 0 Å². The van der Waals surface area contributed by atoms with Gasteiger partial charge in [-0.25, -0.2) is 0 Å². The summed E-state index contributed by atoms with van der Waals surface area (Å²) in [6.07, 6.45) is 5.25. The molecule has 2 aromatic carbocycles. The van der Waals surface area contributed by atoms with E-state index in [1.165, 1.54) is 11.1 Å². The zero-order valence-electron chi connectivity index (χ0n) is 13.5. The van der Waals surface area contributed by atoms with Crippen LogP contribution < -0.4 is 0 Å². The average Bonchev–Trinajstić information content (AvgIpc) is 3.01. The molecule has 0 radical (unpaired) electrons. The smallest absolute Gasteiger partial charge is 0.0628 e. The molecule has 1 aliphatic rings. The molecule has 3 atom stereocenters. The Morgan fingerprint density at radius 3 is 2.30 bits per heavy atom. The van der Waals surface area contributed by atoms with Crippen LogP contribution in [0, 0.1) is 0 Å². The normalized spacial score (nSPS) is 22.8. The Hall–Kier alpha value is -1.90. The lowest BCUT2D eigenvalue weighted by atomic mass is 10.00. The van der Waals surface area contributed by atoms with E-state index in [9.17, 15) is 5.11 Å². The SMILES string of the molecule is C=CC[C@@H]1CC[C@@H](c2ccccc2)N1[C@H](CO)c1ccccc1. The van der Waals surface area contributed by atoms with Crippen molar-refractivity contribution in [3.05, 3.63) is 84.4 Å². The molecule has 2 heteroatoms. The molecule has 1 heterocycles. The van der Waals surface area contributed by atoms with Crippen LogP contribution in [0.1, 0.15) is 42.5 Å². The summed E-state index contributed by atoms with van der Waals surface area (Å²) in [4.78, 5) is 2.51. The van der Waals surface area contributed by atoms with Gasteiger partial charge in [0.15, 0.2) is 0 Å². The highest BCUT2D eigenvalue weighted by Crippen LogP contribution is 2.43. The van der Waals surface area contributed by atoms with Gasteiger partial charge in [0.2, 0.25) is 0 Å². The average molecular weight is 307 g/mol. The van der Waals surface area contributed by atoms with Crippen molar-refractivity contribution in [1.82, 2.24) is 4.90 Å². The van der Waals surface area contributed by atoms with Gasteiger partial charge in [0.25, 0.3) is 0 Å². The Labute approximate surface area is 139 Å². The van der Waals surface area contributed by atoms with Crippen LogP contribution in [-0.2, 0) is 0 Å². The molecule has 120 valence electrons. The van der Waals surface area contributed by atoms with Gasteiger partial charge in [-0.15, -0.1) is 6.58 Å². The summed E-state index contributed by atoms with van der Waals surface area (Å²) in [5, 5.41) is 10.1. The summed E-state index contributed by atoms with van der Waals surface area (Å²) >= 11 is 0. The predicted octanol–water partition coefficient (Wildman–Crippen LogP) is 4.50. The Morgan fingerprint density at radius 1 is 1.04 bits per heavy atom. The first-order chi connectivity index (χ1) is 11.3. The van der Waals surface area contributed by atoms with E-state index < -0.39 is 0 Å². The maximum Gasteiger partial charge on any atom is 0.0628 e. The van der Waals surface area contributed by atoms with Gasteiger partial charge in [-0.1, -0.05) is 66.7 Å². The van der Waals surface area contributed by atoms with E-state index in [1.54, 1.807) is 0 Å². The fraction of sp³-hybridized carbons (Fsp3) is 0.333. The van der Waals surface area contributed by atoms with Gasteiger partial charge in [0, 0.05) is 12.1 Å². The molecule has 1 aliphatic heterocycles. The van der Waals surface area contributed by atoms with Gasteiger partial charge >= 0.3 is 0 Å². The number of nitrogens with zero attached hydrogens (tertiary/aromatic N) is 1. The lowest BCUT2D eigenvalue weighted by molar-refractivity contribution is 0.0775. The van der Waals surface area contributed by atoms with Crippen molar-refractivity contribution in [2.45, 2.75) is 37.4 Å². The molecule has 1 N–H and O–H groups in total. The lowest BCUT2D eigenvalue weighted by Gasteiger charge is -2.37. The topological polar surface area (TPSA) is 23.5 Å². The third kappa shape index (κ3) is 3.39. The van der Waals surface area contributed by atoms with Crippen LogP contribution in [0.4, 0.5) is 0 Å². The molecule has 0 saturated carbocycles. The minimum atomic E-state index is 0.0360. The number of likely N-dealkylation sites (tertiary alicyclic amines) is 1. The molecule has 2 aromatic rings. The van der Waals surface area contributed by atoms with E-state index in [4.69, 9.17) is 0 Å². The van der Waals surface area contributed by atoms with Crippen molar-refractivity contribution >= 4 is 0 Å². The molecule has 0 spiro atoms. The monoisotopic (exact) mass is 307 g/mol. The second kappa shape index (κ2) is 7.58. The first kappa shape index (κ1) is 16.0. The van der Waals surface area contributed by atoms with Crippen molar-refractivity contribution in [3.8, 4) is 0 Å². The second-order valence-corrected chi connectivity index (χ2v) is 6.24. The zero-order valence-corrected chi connectivity index (χ0v) is 13.5. The van der Waals surface area contributed by atoms with Gasteiger partial charge in [-0.2, -0.15) is 0 Å². The van der Waals surface area contributed by atoms with Crippen LogP contribution >= 0.6 is 0 Å². The lowest BCUT2D eigenvalue weighted by Crippen LogP contribution is -2.37. The van der Waals surface area contributed by atoms with E-state index in [1.807, 2.05) is 24.3 Å². The predicted molar refractivity (Wildman–Crippen MR) is 95.1 cm³/mol. The fourth-order valence-electron chi connectivity index (χ4n) is 3.87. The highest BCUT2D eigenvalue weighted by Gasteiger charge is 2.38. The Morgan fingerprint density at radius 2 is 1.70 bits per heavy atom. The minimum absolute atomic E-state index is 0.0360. The standard InChI is InChI=1S/C21H25NO/c1-2-9-19-14-15-20(17-10-5-3-6-11-17)22(19)21(16-23)18-12-7-4-8-13-18/h2-8,10-13,19-21,23H,1,9,14-16H2/t19-,20+,21-/m1/s1. The van der Waals surface area contributed by atoms with Crippen LogP contribution in [0.2, 0.25) is 0 Å². The molecule has 0 amide bonds. The molecule has 1 fully saturated rings. The van der Waals surface area contributed by atoms with Gasteiger partial charge in [-0.3, -0.25) is 4.90 Å². The quantitative estimate of drug-likeness (QED) is 0.794. The van der Waals surface area contributed by atoms with Crippen LogP contribution in [0.15, 0.2) is 73.3 Å². The summed E-state index contributed by atoms with van der Waals surface area (Å²) in [5.41, 5.74) is 2.53. The van der Waals surface area contributed by atoms with Crippen molar-refractivity contribution < 1.29 is 5.11 Å². The van der Waals surface area contributed by atoms with Gasteiger partial charge < -0.3 is 5.11 Å². The molecule has 0 aromatic heterocycles. The summed E-state index contributed by atoms with van der Waals surface area (Å²) in [6, 6.07) is 21.9. The summed E-state index contributed by atoms with van der Waals surface area (Å²) in [5.74, 6) is 0. The fourth-order valence-corrected chi connectivity index (χ4v) is 3.87. The van der Waals surface area contributed by atoms with Crippen LogP contribution in [0.3, 0.4) is 0 Å². The molecular weight excluding hydrogens is 282 g/mol. The number of hydrogen-bond donors (Lipinski definition) is 1. The highest BCUT2D eigenvalue weighted by atomic mass is 16.3. The van der Waals surface area contributed by atoms with E-state index in [2.05, 4.69) is 53.9 Å². The molecular formula is C21H25NO. The second-order valence-electron chi connectivity index (χ2n) is 6.24. The maximum absolute atomic E-state index is 10.1. The molecule has 2 nitrogen and oxygen atoms in total. The maximum atomic E-state index is 10.1.